The van der Waals surface area contributed by atoms with E-state index in [-0.39, 0.29) is 4.21 Å². The maximum Gasteiger partial charge on any atom is 0.247 e. The molecule has 0 bridgehead atoms. The first-order chi connectivity index (χ1) is 6.88. The highest BCUT2D eigenvalue weighted by molar-refractivity contribution is 7.91. The van der Waals surface area contributed by atoms with Crippen molar-refractivity contribution in [3.05, 3.63) is 28.2 Å². The van der Waals surface area contributed by atoms with Crippen molar-refractivity contribution in [1.82, 2.24) is 0 Å². The number of benzene rings is 1. The fourth-order valence-corrected chi connectivity index (χ4v) is 3.72. The van der Waals surface area contributed by atoms with Crippen LogP contribution in [0.3, 0.4) is 0 Å². The Bertz CT molecular complexity index is 633. The van der Waals surface area contributed by atoms with Gasteiger partial charge >= 0.3 is 0 Å². The predicted octanol–water partition coefficient (Wildman–Crippen LogP) is 2.86. The van der Waals surface area contributed by atoms with Crippen LogP contribution in [0, 0.1) is 0 Å². The second-order valence-corrected chi connectivity index (χ2v) is 6.63. The lowest BCUT2D eigenvalue weighted by Crippen LogP contribution is -2.09. The monoisotopic (exact) mass is 281 g/mol. The van der Waals surface area contributed by atoms with Crippen LogP contribution in [0.15, 0.2) is 22.4 Å². The summed E-state index contributed by atoms with van der Waals surface area (Å²) in [4.78, 5) is 0. The molecule has 0 amide bonds. The molecule has 0 atom stereocenters. The Morgan fingerprint density at radius 1 is 1.20 bits per heavy atom. The Labute approximate surface area is 100 Å². The SMILES string of the molecule is NS(=O)(=O)c1cc2c(Cl)cc(Cl)cc2s1. The third-order valence-electron chi connectivity index (χ3n) is 1.81. The van der Waals surface area contributed by atoms with Gasteiger partial charge in [-0.2, -0.15) is 0 Å². The normalized spacial score (nSPS) is 12.2. The molecule has 1 aromatic carbocycles. The zero-order chi connectivity index (χ0) is 11.2. The summed E-state index contributed by atoms with van der Waals surface area (Å²) in [7, 11) is -3.68. The highest BCUT2D eigenvalue weighted by atomic mass is 35.5. The van der Waals surface area contributed by atoms with Crippen LogP contribution in [0.1, 0.15) is 0 Å². The van der Waals surface area contributed by atoms with Gasteiger partial charge in [0.05, 0.1) is 5.02 Å². The molecule has 0 unspecified atom stereocenters. The summed E-state index contributed by atoms with van der Waals surface area (Å²) in [5.74, 6) is 0. The first-order valence-corrected chi connectivity index (χ1v) is 6.91. The van der Waals surface area contributed by atoms with Gasteiger partial charge in [-0.25, -0.2) is 13.6 Å². The van der Waals surface area contributed by atoms with E-state index in [1.807, 2.05) is 0 Å². The molecule has 1 aromatic heterocycles. The van der Waals surface area contributed by atoms with Crippen molar-refractivity contribution in [3.63, 3.8) is 0 Å². The minimum atomic E-state index is -3.68. The highest BCUT2D eigenvalue weighted by Gasteiger charge is 2.14. The van der Waals surface area contributed by atoms with Crippen molar-refractivity contribution in [1.29, 1.82) is 0 Å². The van der Waals surface area contributed by atoms with Gasteiger partial charge in [-0.1, -0.05) is 23.2 Å². The molecule has 0 fully saturated rings. The fourth-order valence-electron chi connectivity index (χ4n) is 1.18. The average Bonchev–Trinajstić information content (AvgIpc) is 2.46. The molecule has 0 aliphatic carbocycles. The molecule has 80 valence electrons. The molecule has 1 heterocycles. The van der Waals surface area contributed by atoms with E-state index in [1.54, 1.807) is 12.1 Å². The Balaban J connectivity index is 2.82. The average molecular weight is 282 g/mol. The molecular weight excluding hydrogens is 277 g/mol. The third-order valence-corrected chi connectivity index (χ3v) is 4.84. The van der Waals surface area contributed by atoms with Gasteiger partial charge in [0.25, 0.3) is 0 Å². The minimum Gasteiger partial charge on any atom is -0.224 e. The Kier molecular flexibility index (Phi) is 2.68. The molecule has 0 aliphatic heterocycles. The zero-order valence-electron chi connectivity index (χ0n) is 7.20. The number of hydrogen-bond acceptors (Lipinski definition) is 3. The van der Waals surface area contributed by atoms with Gasteiger partial charge in [-0.05, 0) is 18.2 Å². The van der Waals surface area contributed by atoms with Crippen LogP contribution in [0.25, 0.3) is 10.1 Å². The van der Waals surface area contributed by atoms with Gasteiger partial charge in [-0.3, -0.25) is 0 Å². The highest BCUT2D eigenvalue weighted by Crippen LogP contribution is 2.35. The number of thiophene rings is 1. The molecule has 3 nitrogen and oxygen atoms in total. The number of nitrogens with two attached hydrogens (primary N) is 1. The summed E-state index contributed by atoms with van der Waals surface area (Å²) in [6.45, 7) is 0. The second-order valence-electron chi connectivity index (χ2n) is 2.91. The van der Waals surface area contributed by atoms with Crippen molar-refractivity contribution < 1.29 is 8.42 Å². The van der Waals surface area contributed by atoms with Gasteiger partial charge in [0.15, 0.2) is 0 Å². The summed E-state index contributed by atoms with van der Waals surface area (Å²) in [6.07, 6.45) is 0. The lowest BCUT2D eigenvalue weighted by atomic mass is 10.3. The largest absolute Gasteiger partial charge is 0.247 e. The summed E-state index contributed by atoms with van der Waals surface area (Å²) >= 11 is 12.8. The third kappa shape index (κ3) is 2.11. The summed E-state index contributed by atoms with van der Waals surface area (Å²) in [6, 6.07) is 4.67. The molecule has 0 saturated carbocycles. The number of primary sulfonamides is 1. The van der Waals surface area contributed by atoms with Crippen LogP contribution >= 0.6 is 34.5 Å². The van der Waals surface area contributed by atoms with Crippen molar-refractivity contribution in [2.75, 3.05) is 0 Å². The van der Waals surface area contributed by atoms with E-state index in [2.05, 4.69) is 0 Å². The maximum absolute atomic E-state index is 11.1. The molecule has 15 heavy (non-hydrogen) atoms. The van der Waals surface area contributed by atoms with Crippen molar-refractivity contribution in [2.45, 2.75) is 4.21 Å². The smallest absolute Gasteiger partial charge is 0.224 e. The molecule has 0 saturated heterocycles. The number of hydrogen-bond donors (Lipinski definition) is 1. The van der Waals surface area contributed by atoms with Crippen LogP contribution in [-0.2, 0) is 10.0 Å². The Morgan fingerprint density at radius 3 is 2.47 bits per heavy atom. The number of fused-ring (bicyclic) bond motifs is 1. The molecule has 2 aromatic rings. The first kappa shape index (κ1) is 11.2. The Hall–Kier alpha value is -0.330. The maximum atomic E-state index is 11.1. The Morgan fingerprint density at radius 2 is 1.87 bits per heavy atom. The molecule has 0 aliphatic rings. The van der Waals surface area contributed by atoms with Crippen molar-refractivity contribution in [2.24, 2.45) is 5.14 Å². The van der Waals surface area contributed by atoms with E-state index < -0.39 is 10.0 Å². The zero-order valence-corrected chi connectivity index (χ0v) is 10.3. The van der Waals surface area contributed by atoms with Gasteiger partial charge in [0.1, 0.15) is 4.21 Å². The van der Waals surface area contributed by atoms with Crippen LogP contribution in [-0.4, -0.2) is 8.42 Å². The van der Waals surface area contributed by atoms with Gasteiger partial charge in [-0.15, -0.1) is 11.3 Å². The molecular formula is C8H5Cl2NO2S2. The number of rotatable bonds is 1. The first-order valence-electron chi connectivity index (χ1n) is 3.79. The topological polar surface area (TPSA) is 60.2 Å². The quantitative estimate of drug-likeness (QED) is 0.874. The van der Waals surface area contributed by atoms with Crippen LogP contribution in [0.2, 0.25) is 10.0 Å². The summed E-state index contributed by atoms with van der Waals surface area (Å²) < 4.78 is 23.0. The number of halogens is 2. The van der Waals surface area contributed by atoms with Gasteiger partial charge in [0.2, 0.25) is 10.0 Å². The van der Waals surface area contributed by atoms with E-state index in [0.717, 1.165) is 11.3 Å². The molecule has 2 rings (SSSR count). The predicted molar refractivity (Wildman–Crippen MR) is 63.2 cm³/mol. The number of sulfonamides is 1. The van der Waals surface area contributed by atoms with E-state index in [4.69, 9.17) is 28.3 Å². The summed E-state index contributed by atoms with van der Waals surface area (Å²) in [5.41, 5.74) is 0. The molecule has 7 heteroatoms. The van der Waals surface area contributed by atoms with E-state index in [0.29, 0.717) is 20.1 Å². The van der Waals surface area contributed by atoms with Gasteiger partial charge < -0.3 is 0 Å². The van der Waals surface area contributed by atoms with E-state index in [1.165, 1.54) is 6.07 Å². The standard InChI is InChI=1S/C8H5Cl2NO2S2/c9-4-1-6(10)5-3-8(15(11,12)13)14-7(5)2-4/h1-3H,(H2,11,12,13). The van der Waals surface area contributed by atoms with E-state index in [9.17, 15) is 8.42 Å². The van der Waals surface area contributed by atoms with Crippen LogP contribution < -0.4 is 5.14 Å². The summed E-state index contributed by atoms with van der Waals surface area (Å²) in [5, 5.41) is 6.55. The molecule has 0 spiro atoms. The van der Waals surface area contributed by atoms with Crippen molar-refractivity contribution >= 4 is 54.6 Å². The molecule has 0 radical (unpaired) electrons. The van der Waals surface area contributed by atoms with Crippen LogP contribution in [0.4, 0.5) is 0 Å². The minimum absolute atomic E-state index is 0.0849. The lowest BCUT2D eigenvalue weighted by Gasteiger charge is -1.93. The van der Waals surface area contributed by atoms with Gasteiger partial charge in [0, 0.05) is 15.1 Å². The lowest BCUT2D eigenvalue weighted by molar-refractivity contribution is 0.600. The molecule has 2 N–H and O–H groups in total. The van der Waals surface area contributed by atoms with Crippen LogP contribution in [0.5, 0.6) is 0 Å². The van der Waals surface area contributed by atoms with Crippen molar-refractivity contribution in [3.8, 4) is 0 Å². The van der Waals surface area contributed by atoms with E-state index >= 15 is 0 Å². The fraction of sp³-hybridized carbons (Fsp3) is 0. The second kappa shape index (κ2) is 3.61.